The molecule has 0 saturated carbocycles. The predicted octanol–water partition coefficient (Wildman–Crippen LogP) is 1.03. The molecule has 4 N–H and O–H groups in total. The summed E-state index contributed by atoms with van der Waals surface area (Å²) < 4.78 is 3.75. The molecule has 0 bridgehead atoms. The number of hydrazine groups is 2. The van der Waals surface area contributed by atoms with E-state index in [4.69, 9.17) is 11.6 Å². The second-order valence-corrected chi connectivity index (χ2v) is 5.34. The van der Waals surface area contributed by atoms with E-state index in [1.165, 1.54) is 0 Å². The quantitative estimate of drug-likeness (QED) is 0.672. The van der Waals surface area contributed by atoms with Crippen molar-refractivity contribution in [2.45, 2.75) is 6.92 Å². The molecular weight excluding hydrogens is 314 g/mol. The Hall–Kier alpha value is -2.23. The van der Waals surface area contributed by atoms with Crippen LogP contribution in [0.15, 0.2) is 23.3 Å². The molecule has 0 fully saturated rings. The van der Waals surface area contributed by atoms with Crippen molar-refractivity contribution >= 4 is 40.6 Å². The Bertz CT molecular complexity index is 729. The lowest BCUT2D eigenvalue weighted by Gasteiger charge is -2.10. The molecule has 1 aliphatic heterocycles. The summed E-state index contributed by atoms with van der Waals surface area (Å²) in [5.74, 6) is 0.256. The number of halogens is 1. The van der Waals surface area contributed by atoms with Gasteiger partial charge in [0.05, 0.1) is 11.4 Å². The fraction of sp³-hybridized carbons (Fsp3) is 0.0909. The highest BCUT2D eigenvalue weighted by molar-refractivity contribution is 7.08. The molecule has 3 rings (SSSR count). The van der Waals surface area contributed by atoms with Crippen LogP contribution in [0.25, 0.3) is 0 Å². The number of hydrogen-bond donors (Lipinski definition) is 4. The van der Waals surface area contributed by atoms with Gasteiger partial charge in [0.1, 0.15) is 4.88 Å². The number of rotatable bonds is 3. The third-order valence-corrected chi connectivity index (χ3v) is 3.81. The van der Waals surface area contributed by atoms with Crippen molar-refractivity contribution in [3.63, 3.8) is 0 Å². The molecule has 2 aromatic rings. The molecule has 0 aliphatic carbocycles. The largest absolute Gasteiger partial charge is 0.320 e. The number of nitrogens with zero attached hydrogens (tertiary/aromatic N) is 3. The first-order valence-corrected chi connectivity index (χ1v) is 7.04. The molecule has 10 heteroatoms. The van der Waals surface area contributed by atoms with E-state index in [9.17, 15) is 4.79 Å². The van der Waals surface area contributed by atoms with Gasteiger partial charge in [0.15, 0.2) is 5.84 Å². The second-order valence-electron chi connectivity index (χ2n) is 4.15. The van der Waals surface area contributed by atoms with Crippen molar-refractivity contribution in [3.05, 3.63) is 39.4 Å². The van der Waals surface area contributed by atoms with Gasteiger partial charge in [-0.25, -0.2) is 5.53 Å². The number of aryl methyl sites for hydroxylation is 1. The molecule has 0 spiro atoms. The summed E-state index contributed by atoms with van der Waals surface area (Å²) in [5, 5.41) is 11.1. The zero-order valence-corrected chi connectivity index (χ0v) is 12.3. The smallest absolute Gasteiger partial charge is 0.269 e. The molecule has 108 valence electrons. The normalized spacial score (nSPS) is 13.3. The molecule has 1 amide bonds. The van der Waals surface area contributed by atoms with Crippen molar-refractivity contribution in [2.24, 2.45) is 5.10 Å². The minimum atomic E-state index is -0.287. The van der Waals surface area contributed by atoms with Gasteiger partial charge in [-0.3, -0.25) is 10.2 Å². The Balaban J connectivity index is 1.92. The maximum Gasteiger partial charge on any atom is 0.269 e. The average Bonchev–Trinajstić information content (AvgIpc) is 3.10. The van der Waals surface area contributed by atoms with Crippen LogP contribution in [-0.4, -0.2) is 21.3 Å². The highest BCUT2D eigenvalue weighted by Gasteiger charge is 2.18. The Morgan fingerprint density at radius 3 is 2.95 bits per heavy atom. The fourth-order valence-corrected chi connectivity index (χ4v) is 2.50. The third-order valence-electron chi connectivity index (χ3n) is 2.75. The first kappa shape index (κ1) is 13.7. The number of carbonyl (C=O) groups is 1. The van der Waals surface area contributed by atoms with E-state index in [2.05, 4.69) is 36.5 Å². The number of amidine groups is 1. The SMILES string of the molecule is Cc1nnsc1C(=O)Nc1cc(Cl)ccc1C1=NNNN1. The summed E-state index contributed by atoms with van der Waals surface area (Å²) in [6.07, 6.45) is 0. The first-order valence-electron chi connectivity index (χ1n) is 5.89. The number of hydrazone groups is 1. The number of amides is 1. The van der Waals surface area contributed by atoms with Crippen LogP contribution in [-0.2, 0) is 0 Å². The van der Waals surface area contributed by atoms with Crippen LogP contribution in [0.5, 0.6) is 0 Å². The van der Waals surface area contributed by atoms with Gasteiger partial charge in [-0.1, -0.05) is 16.1 Å². The predicted molar refractivity (Wildman–Crippen MR) is 80.0 cm³/mol. The summed E-state index contributed by atoms with van der Waals surface area (Å²) in [6.45, 7) is 1.73. The van der Waals surface area contributed by atoms with E-state index < -0.39 is 0 Å². The van der Waals surface area contributed by atoms with Crippen molar-refractivity contribution in [1.29, 1.82) is 0 Å². The van der Waals surface area contributed by atoms with Crippen LogP contribution >= 0.6 is 23.1 Å². The maximum atomic E-state index is 12.3. The molecule has 21 heavy (non-hydrogen) atoms. The molecule has 0 atom stereocenters. The van der Waals surface area contributed by atoms with Gasteiger partial charge in [0.25, 0.3) is 5.91 Å². The first-order chi connectivity index (χ1) is 10.1. The molecule has 1 aromatic carbocycles. The Labute approximate surface area is 128 Å². The Morgan fingerprint density at radius 2 is 2.29 bits per heavy atom. The summed E-state index contributed by atoms with van der Waals surface area (Å²) in [5.41, 5.74) is 9.84. The third kappa shape index (κ3) is 2.79. The van der Waals surface area contributed by atoms with E-state index in [0.29, 0.717) is 32.7 Å². The fourth-order valence-electron chi connectivity index (χ4n) is 1.77. The molecular formula is C11H10ClN7OS. The minimum Gasteiger partial charge on any atom is -0.320 e. The molecule has 0 unspecified atom stereocenters. The van der Waals surface area contributed by atoms with Gasteiger partial charge in [-0.15, -0.1) is 15.7 Å². The number of anilines is 1. The maximum absolute atomic E-state index is 12.3. The van der Waals surface area contributed by atoms with Gasteiger partial charge in [0, 0.05) is 10.6 Å². The summed E-state index contributed by atoms with van der Waals surface area (Å²) in [6, 6.07) is 5.13. The minimum absolute atomic E-state index is 0.287. The summed E-state index contributed by atoms with van der Waals surface area (Å²) in [7, 11) is 0. The van der Waals surface area contributed by atoms with E-state index in [1.807, 2.05) is 0 Å². The van der Waals surface area contributed by atoms with E-state index >= 15 is 0 Å². The molecule has 0 radical (unpaired) electrons. The van der Waals surface area contributed by atoms with Crippen molar-refractivity contribution < 1.29 is 4.79 Å². The number of carbonyl (C=O) groups excluding carboxylic acids is 1. The van der Waals surface area contributed by atoms with Crippen molar-refractivity contribution in [2.75, 3.05) is 5.32 Å². The monoisotopic (exact) mass is 323 g/mol. The summed E-state index contributed by atoms with van der Waals surface area (Å²) >= 11 is 7.04. The molecule has 2 heterocycles. The number of benzene rings is 1. The number of hydrogen-bond acceptors (Lipinski definition) is 8. The highest BCUT2D eigenvalue weighted by atomic mass is 35.5. The lowest BCUT2D eigenvalue weighted by atomic mass is 10.1. The van der Waals surface area contributed by atoms with Crippen LogP contribution in [0.3, 0.4) is 0 Å². The lowest BCUT2D eigenvalue weighted by Crippen LogP contribution is -2.35. The van der Waals surface area contributed by atoms with E-state index in [1.54, 1.807) is 25.1 Å². The molecule has 8 nitrogen and oxygen atoms in total. The molecule has 1 aliphatic rings. The van der Waals surface area contributed by atoms with Crippen LogP contribution < -0.4 is 21.8 Å². The van der Waals surface area contributed by atoms with Gasteiger partial charge in [0.2, 0.25) is 0 Å². The average molecular weight is 324 g/mol. The number of aromatic nitrogens is 2. The van der Waals surface area contributed by atoms with Crippen LogP contribution in [0, 0.1) is 6.92 Å². The Kier molecular flexibility index (Phi) is 3.69. The van der Waals surface area contributed by atoms with Gasteiger partial charge in [-0.2, -0.15) is 0 Å². The zero-order valence-electron chi connectivity index (χ0n) is 10.8. The molecule has 1 aromatic heterocycles. The van der Waals surface area contributed by atoms with Crippen LogP contribution in [0.4, 0.5) is 5.69 Å². The number of nitrogens with one attached hydrogen (secondary N) is 4. The van der Waals surface area contributed by atoms with Crippen LogP contribution in [0.2, 0.25) is 5.02 Å². The summed E-state index contributed by atoms with van der Waals surface area (Å²) in [4.78, 5) is 12.7. The second kappa shape index (κ2) is 5.64. The van der Waals surface area contributed by atoms with E-state index in [0.717, 1.165) is 11.5 Å². The van der Waals surface area contributed by atoms with Gasteiger partial charge in [-0.05, 0) is 36.7 Å². The van der Waals surface area contributed by atoms with Gasteiger partial charge >= 0.3 is 0 Å². The van der Waals surface area contributed by atoms with Gasteiger partial charge < -0.3 is 5.32 Å². The van der Waals surface area contributed by atoms with Crippen molar-refractivity contribution in [3.8, 4) is 0 Å². The zero-order chi connectivity index (χ0) is 14.8. The van der Waals surface area contributed by atoms with Crippen molar-refractivity contribution in [1.82, 2.24) is 26.1 Å². The topological polar surface area (TPSA) is 103 Å². The lowest BCUT2D eigenvalue weighted by molar-refractivity contribution is 0.103. The highest BCUT2D eigenvalue weighted by Crippen LogP contribution is 2.23. The van der Waals surface area contributed by atoms with E-state index in [-0.39, 0.29) is 5.91 Å². The molecule has 0 saturated heterocycles. The standard InChI is InChI=1S/C11H10ClN7OS/c1-5-9(21-19-14-5)11(20)13-8-4-6(12)2-3-7(8)10-15-17-18-16-10/h2-4,17-18H,1H3,(H,13,20)(H,15,16). The van der Waals surface area contributed by atoms with Crippen LogP contribution in [0.1, 0.15) is 20.9 Å². The Morgan fingerprint density at radius 1 is 1.43 bits per heavy atom.